The molecule has 0 spiro atoms. The zero-order valence-electron chi connectivity index (χ0n) is 8.77. The fourth-order valence-electron chi connectivity index (χ4n) is 1.79. The lowest BCUT2D eigenvalue weighted by atomic mass is 9.96. The molecule has 0 aromatic heterocycles. The number of carbonyl (C=O) groups is 3. The van der Waals surface area contributed by atoms with Crippen molar-refractivity contribution in [2.45, 2.75) is 31.8 Å². The van der Waals surface area contributed by atoms with Crippen LogP contribution in [0.25, 0.3) is 0 Å². The van der Waals surface area contributed by atoms with Crippen molar-refractivity contribution in [2.24, 2.45) is 0 Å². The van der Waals surface area contributed by atoms with Crippen LogP contribution in [-0.4, -0.2) is 23.6 Å². The molecule has 1 heterocycles. The molecule has 1 atom stereocenters. The highest BCUT2D eigenvalue weighted by Gasteiger charge is 2.28. The summed E-state index contributed by atoms with van der Waals surface area (Å²) in [7, 11) is 0. The van der Waals surface area contributed by atoms with E-state index in [2.05, 4.69) is 0 Å². The van der Waals surface area contributed by atoms with Crippen molar-refractivity contribution in [3.05, 3.63) is 23.8 Å². The van der Waals surface area contributed by atoms with E-state index in [1.807, 2.05) is 0 Å². The molecule has 1 fully saturated rings. The van der Waals surface area contributed by atoms with Gasteiger partial charge in [0.25, 0.3) is 0 Å². The number of carbonyl (C=O) groups excluding carboxylic acids is 3. The van der Waals surface area contributed by atoms with Gasteiger partial charge in [-0.05, 0) is 25.0 Å². The summed E-state index contributed by atoms with van der Waals surface area (Å²) < 4.78 is 4.98. The van der Waals surface area contributed by atoms with E-state index in [-0.39, 0.29) is 24.0 Å². The Bertz CT molecular complexity index is 403. The molecule has 16 heavy (non-hydrogen) atoms. The van der Waals surface area contributed by atoms with Gasteiger partial charge in [0, 0.05) is 18.4 Å². The lowest BCUT2D eigenvalue weighted by Crippen LogP contribution is -2.32. The smallest absolute Gasteiger partial charge is 0.306 e. The van der Waals surface area contributed by atoms with E-state index in [4.69, 9.17) is 4.74 Å². The van der Waals surface area contributed by atoms with Crippen molar-refractivity contribution in [1.29, 1.82) is 0 Å². The number of cyclic esters (lactones) is 1. The van der Waals surface area contributed by atoms with Crippen LogP contribution in [0.15, 0.2) is 23.8 Å². The first kappa shape index (κ1) is 10.8. The van der Waals surface area contributed by atoms with Crippen molar-refractivity contribution < 1.29 is 19.1 Å². The van der Waals surface area contributed by atoms with Gasteiger partial charge < -0.3 is 4.74 Å². The second kappa shape index (κ2) is 4.43. The molecule has 1 unspecified atom stereocenters. The molecule has 0 radical (unpaired) electrons. The molecule has 0 bridgehead atoms. The fraction of sp³-hybridized carbons (Fsp3) is 0.417. The zero-order valence-corrected chi connectivity index (χ0v) is 8.77. The van der Waals surface area contributed by atoms with E-state index in [0.29, 0.717) is 24.8 Å². The van der Waals surface area contributed by atoms with Crippen molar-refractivity contribution >= 4 is 17.5 Å². The van der Waals surface area contributed by atoms with Gasteiger partial charge in [-0.1, -0.05) is 6.08 Å². The Balaban J connectivity index is 2.05. The predicted octanol–water partition coefficient (Wildman–Crippen LogP) is 1.11. The minimum atomic E-state index is -0.662. The lowest BCUT2D eigenvalue weighted by molar-refractivity contribution is -0.158. The van der Waals surface area contributed by atoms with Crippen molar-refractivity contribution in [3.8, 4) is 0 Å². The van der Waals surface area contributed by atoms with E-state index in [1.165, 1.54) is 12.2 Å². The normalized spacial score (nSPS) is 25.0. The van der Waals surface area contributed by atoms with Gasteiger partial charge in [0.1, 0.15) is 0 Å². The molecule has 4 nitrogen and oxygen atoms in total. The van der Waals surface area contributed by atoms with Crippen molar-refractivity contribution in [1.82, 2.24) is 0 Å². The number of ketones is 2. The van der Waals surface area contributed by atoms with E-state index in [9.17, 15) is 14.4 Å². The minimum absolute atomic E-state index is 0.0165. The number of hydrogen-bond acceptors (Lipinski definition) is 4. The Labute approximate surface area is 93.0 Å². The van der Waals surface area contributed by atoms with Crippen LogP contribution >= 0.6 is 0 Å². The summed E-state index contributed by atoms with van der Waals surface area (Å²) in [6.45, 7) is 0. The highest BCUT2D eigenvalue weighted by atomic mass is 16.5. The largest absolute Gasteiger partial charge is 0.454 e. The molecule has 1 aliphatic heterocycles. The third-order valence-corrected chi connectivity index (χ3v) is 2.67. The first-order valence-electron chi connectivity index (χ1n) is 5.31. The van der Waals surface area contributed by atoms with Crippen LogP contribution in [0.2, 0.25) is 0 Å². The van der Waals surface area contributed by atoms with Gasteiger partial charge in [-0.3, -0.25) is 14.4 Å². The second-order valence-corrected chi connectivity index (χ2v) is 3.90. The van der Waals surface area contributed by atoms with Crippen LogP contribution < -0.4 is 0 Å². The third-order valence-electron chi connectivity index (χ3n) is 2.67. The maximum atomic E-state index is 11.9. The van der Waals surface area contributed by atoms with Crippen LogP contribution in [0, 0.1) is 0 Å². The Kier molecular flexibility index (Phi) is 2.99. The van der Waals surface area contributed by atoms with Crippen LogP contribution in [0.3, 0.4) is 0 Å². The Morgan fingerprint density at radius 2 is 2.12 bits per heavy atom. The monoisotopic (exact) mass is 220 g/mol. The molecule has 0 aromatic rings. The van der Waals surface area contributed by atoms with E-state index >= 15 is 0 Å². The van der Waals surface area contributed by atoms with Gasteiger partial charge >= 0.3 is 5.97 Å². The third kappa shape index (κ3) is 2.27. The Hall–Kier alpha value is -1.71. The number of rotatable bonds is 2. The lowest BCUT2D eigenvalue weighted by Gasteiger charge is -2.21. The first-order chi connectivity index (χ1) is 7.66. The van der Waals surface area contributed by atoms with Gasteiger partial charge in [0.05, 0.1) is 0 Å². The molecule has 2 rings (SSSR count). The van der Waals surface area contributed by atoms with Crippen LogP contribution in [0.1, 0.15) is 25.7 Å². The topological polar surface area (TPSA) is 60.4 Å². The Morgan fingerprint density at radius 3 is 2.75 bits per heavy atom. The number of esters is 1. The van der Waals surface area contributed by atoms with Gasteiger partial charge in [0.2, 0.25) is 5.78 Å². The van der Waals surface area contributed by atoms with E-state index in [1.54, 1.807) is 6.08 Å². The average molecular weight is 220 g/mol. The van der Waals surface area contributed by atoms with Gasteiger partial charge in [0.15, 0.2) is 11.9 Å². The van der Waals surface area contributed by atoms with E-state index < -0.39 is 6.10 Å². The highest BCUT2D eigenvalue weighted by Crippen LogP contribution is 2.19. The van der Waals surface area contributed by atoms with E-state index in [0.717, 1.165) is 0 Å². The molecule has 2 aliphatic rings. The minimum Gasteiger partial charge on any atom is -0.454 e. The molecule has 0 aromatic carbocycles. The quantitative estimate of drug-likeness (QED) is 0.654. The number of Topliss-reactive ketones (excluding diaryl/α,β-unsaturated/α-hetero) is 1. The standard InChI is InChI=1S/C12H12O4/c13-9-6-4-8(5-7-9)12(15)10-2-1-3-11(14)16-10/h4-6,10H,1-3,7H2. The number of allylic oxidation sites excluding steroid dienone is 3. The van der Waals surface area contributed by atoms with Gasteiger partial charge in [-0.2, -0.15) is 0 Å². The number of hydrogen-bond donors (Lipinski definition) is 0. The fourth-order valence-corrected chi connectivity index (χ4v) is 1.79. The summed E-state index contributed by atoms with van der Waals surface area (Å²) in [5.41, 5.74) is 0.472. The summed E-state index contributed by atoms with van der Waals surface area (Å²) >= 11 is 0. The van der Waals surface area contributed by atoms with Gasteiger partial charge in [-0.15, -0.1) is 0 Å². The molecule has 84 valence electrons. The molecule has 4 heteroatoms. The second-order valence-electron chi connectivity index (χ2n) is 3.90. The number of ether oxygens (including phenoxy) is 1. The zero-order chi connectivity index (χ0) is 11.5. The van der Waals surface area contributed by atoms with Crippen molar-refractivity contribution in [3.63, 3.8) is 0 Å². The molecule has 1 aliphatic carbocycles. The van der Waals surface area contributed by atoms with Gasteiger partial charge in [-0.25, -0.2) is 0 Å². The summed E-state index contributed by atoms with van der Waals surface area (Å²) in [5.74, 6) is -0.532. The maximum Gasteiger partial charge on any atom is 0.306 e. The summed E-state index contributed by atoms with van der Waals surface area (Å²) in [6, 6.07) is 0. The maximum absolute atomic E-state index is 11.9. The Morgan fingerprint density at radius 1 is 1.31 bits per heavy atom. The van der Waals surface area contributed by atoms with Crippen LogP contribution in [-0.2, 0) is 19.1 Å². The molecular formula is C12H12O4. The summed E-state index contributed by atoms with van der Waals surface area (Å²) in [5, 5.41) is 0. The van der Waals surface area contributed by atoms with Crippen molar-refractivity contribution in [2.75, 3.05) is 0 Å². The van der Waals surface area contributed by atoms with Crippen LogP contribution in [0.5, 0.6) is 0 Å². The molecule has 0 N–H and O–H groups in total. The summed E-state index contributed by atoms with van der Waals surface area (Å²) in [4.78, 5) is 33.9. The molecule has 0 amide bonds. The molecule has 1 saturated heterocycles. The molecular weight excluding hydrogens is 208 g/mol. The van der Waals surface area contributed by atoms with Crippen LogP contribution in [0.4, 0.5) is 0 Å². The average Bonchev–Trinajstić information content (AvgIpc) is 2.29. The SMILES string of the molecule is O=C1C=CC(C(=O)C2CCCC(=O)O2)=CC1. The predicted molar refractivity (Wildman–Crippen MR) is 55.6 cm³/mol. The highest BCUT2D eigenvalue weighted by molar-refractivity contribution is 6.06. The summed E-state index contributed by atoms with van der Waals surface area (Å²) in [6.07, 6.45) is 5.71. The molecule has 0 saturated carbocycles. The first-order valence-corrected chi connectivity index (χ1v) is 5.31.